The lowest BCUT2D eigenvalue weighted by molar-refractivity contribution is 0.0518. The highest BCUT2D eigenvalue weighted by molar-refractivity contribution is 4.89. The van der Waals surface area contributed by atoms with Gasteiger partial charge in [-0.25, -0.2) is 0 Å². The van der Waals surface area contributed by atoms with Crippen LogP contribution in [0.5, 0.6) is 0 Å². The standard InChI is InChI=1S/C14H28N2/c1-11-8-13(10-14(2,3)9-11)16-6-4-12(15)5-7-16/h11-13H,4-10,15H2,1-3H3. The van der Waals surface area contributed by atoms with E-state index < -0.39 is 0 Å². The molecule has 2 nitrogen and oxygen atoms in total. The van der Waals surface area contributed by atoms with Gasteiger partial charge in [-0.15, -0.1) is 0 Å². The number of likely N-dealkylation sites (tertiary alicyclic amines) is 1. The molecule has 1 heterocycles. The summed E-state index contributed by atoms with van der Waals surface area (Å²) in [5.41, 5.74) is 6.52. The van der Waals surface area contributed by atoms with E-state index in [1.165, 1.54) is 45.2 Å². The van der Waals surface area contributed by atoms with Crippen LogP contribution in [0.2, 0.25) is 0 Å². The zero-order valence-corrected chi connectivity index (χ0v) is 11.2. The van der Waals surface area contributed by atoms with E-state index in [1.54, 1.807) is 0 Å². The molecule has 2 N–H and O–H groups in total. The SMILES string of the molecule is CC1CC(N2CCC(N)CC2)CC(C)(C)C1. The van der Waals surface area contributed by atoms with E-state index in [4.69, 9.17) is 5.73 Å². The molecule has 0 aromatic heterocycles. The van der Waals surface area contributed by atoms with Crippen LogP contribution < -0.4 is 5.73 Å². The Morgan fingerprint density at radius 2 is 1.75 bits per heavy atom. The lowest BCUT2D eigenvalue weighted by Crippen LogP contribution is -2.48. The molecule has 1 saturated carbocycles. The molecular formula is C14H28N2. The highest BCUT2D eigenvalue weighted by Crippen LogP contribution is 2.40. The van der Waals surface area contributed by atoms with E-state index in [0.29, 0.717) is 11.5 Å². The zero-order chi connectivity index (χ0) is 11.8. The van der Waals surface area contributed by atoms with Crippen molar-refractivity contribution in [2.45, 2.75) is 65.0 Å². The molecule has 2 heteroatoms. The molecule has 2 atom stereocenters. The Morgan fingerprint density at radius 3 is 2.31 bits per heavy atom. The third kappa shape index (κ3) is 2.98. The van der Waals surface area contributed by atoms with Crippen molar-refractivity contribution in [3.63, 3.8) is 0 Å². The average molecular weight is 224 g/mol. The first-order chi connectivity index (χ1) is 7.46. The van der Waals surface area contributed by atoms with Gasteiger partial charge in [0.25, 0.3) is 0 Å². The van der Waals surface area contributed by atoms with Crippen LogP contribution in [0.25, 0.3) is 0 Å². The summed E-state index contributed by atoms with van der Waals surface area (Å²) in [7, 11) is 0. The molecule has 1 saturated heterocycles. The molecule has 0 amide bonds. The second-order valence-electron chi connectivity index (χ2n) is 6.94. The summed E-state index contributed by atoms with van der Waals surface area (Å²) in [4.78, 5) is 2.71. The fourth-order valence-corrected chi connectivity index (χ4v) is 3.86. The summed E-state index contributed by atoms with van der Waals surface area (Å²) in [5, 5.41) is 0. The second kappa shape index (κ2) is 4.66. The molecule has 1 aliphatic heterocycles. The number of piperidine rings is 1. The van der Waals surface area contributed by atoms with E-state index in [-0.39, 0.29) is 0 Å². The van der Waals surface area contributed by atoms with Gasteiger partial charge in [0.1, 0.15) is 0 Å². The van der Waals surface area contributed by atoms with E-state index in [2.05, 4.69) is 25.7 Å². The summed E-state index contributed by atoms with van der Waals surface area (Å²) in [6.45, 7) is 9.75. The number of nitrogens with two attached hydrogens (primary N) is 1. The molecule has 0 radical (unpaired) electrons. The Bertz CT molecular complexity index is 229. The van der Waals surface area contributed by atoms with Crippen molar-refractivity contribution < 1.29 is 0 Å². The molecule has 16 heavy (non-hydrogen) atoms. The monoisotopic (exact) mass is 224 g/mol. The third-order valence-corrected chi connectivity index (χ3v) is 4.45. The molecule has 0 aromatic carbocycles. The van der Waals surface area contributed by atoms with Crippen molar-refractivity contribution in [2.75, 3.05) is 13.1 Å². The Kier molecular flexibility index (Phi) is 3.60. The molecule has 0 aromatic rings. The predicted octanol–water partition coefficient (Wildman–Crippen LogP) is 2.62. The van der Waals surface area contributed by atoms with Crippen LogP contribution in [0.4, 0.5) is 0 Å². The van der Waals surface area contributed by atoms with Crippen LogP contribution in [-0.2, 0) is 0 Å². The molecule has 2 unspecified atom stereocenters. The first-order valence-corrected chi connectivity index (χ1v) is 6.96. The molecular weight excluding hydrogens is 196 g/mol. The van der Waals surface area contributed by atoms with Crippen LogP contribution in [0.1, 0.15) is 52.9 Å². The summed E-state index contributed by atoms with van der Waals surface area (Å²) in [6, 6.07) is 1.29. The quantitative estimate of drug-likeness (QED) is 0.742. The maximum Gasteiger partial charge on any atom is 0.0103 e. The maximum atomic E-state index is 5.98. The Labute approximate surface area is 101 Å². The lowest BCUT2D eigenvalue weighted by atomic mass is 9.70. The highest BCUT2D eigenvalue weighted by Gasteiger charge is 2.35. The van der Waals surface area contributed by atoms with E-state index >= 15 is 0 Å². The Hall–Kier alpha value is -0.0800. The molecule has 0 bridgehead atoms. The molecule has 94 valence electrons. The van der Waals surface area contributed by atoms with Crippen molar-refractivity contribution in [3.8, 4) is 0 Å². The fraction of sp³-hybridized carbons (Fsp3) is 1.00. The van der Waals surface area contributed by atoms with Crippen molar-refractivity contribution >= 4 is 0 Å². The first-order valence-electron chi connectivity index (χ1n) is 6.96. The average Bonchev–Trinajstić information content (AvgIpc) is 2.15. The number of nitrogens with zero attached hydrogens (tertiary/aromatic N) is 1. The molecule has 1 aliphatic carbocycles. The van der Waals surface area contributed by atoms with Gasteiger partial charge in [0.15, 0.2) is 0 Å². The van der Waals surface area contributed by atoms with E-state index in [0.717, 1.165) is 12.0 Å². The van der Waals surface area contributed by atoms with Crippen LogP contribution in [-0.4, -0.2) is 30.1 Å². The maximum absolute atomic E-state index is 5.98. The summed E-state index contributed by atoms with van der Waals surface area (Å²) in [6.07, 6.45) is 6.58. The van der Waals surface area contributed by atoms with Crippen LogP contribution in [0.3, 0.4) is 0 Å². The van der Waals surface area contributed by atoms with Gasteiger partial charge in [-0.2, -0.15) is 0 Å². The fourth-order valence-electron chi connectivity index (χ4n) is 3.86. The minimum atomic E-state index is 0.463. The predicted molar refractivity (Wildman–Crippen MR) is 69.4 cm³/mol. The van der Waals surface area contributed by atoms with Crippen LogP contribution >= 0.6 is 0 Å². The first kappa shape index (κ1) is 12.4. The Balaban J connectivity index is 1.93. The normalized spacial score (nSPS) is 37.5. The van der Waals surface area contributed by atoms with Gasteiger partial charge >= 0.3 is 0 Å². The summed E-state index contributed by atoms with van der Waals surface area (Å²) < 4.78 is 0. The number of hydrogen-bond acceptors (Lipinski definition) is 2. The van der Waals surface area contributed by atoms with E-state index in [1.807, 2.05) is 0 Å². The smallest absolute Gasteiger partial charge is 0.0103 e. The van der Waals surface area contributed by atoms with Gasteiger partial charge in [-0.3, -0.25) is 0 Å². The van der Waals surface area contributed by atoms with Gasteiger partial charge in [0.2, 0.25) is 0 Å². The number of rotatable bonds is 1. The highest BCUT2D eigenvalue weighted by atomic mass is 15.2. The van der Waals surface area contributed by atoms with Crippen LogP contribution in [0, 0.1) is 11.3 Å². The van der Waals surface area contributed by atoms with Gasteiger partial charge in [-0.1, -0.05) is 20.8 Å². The minimum absolute atomic E-state index is 0.463. The molecule has 0 spiro atoms. The topological polar surface area (TPSA) is 29.3 Å². The third-order valence-electron chi connectivity index (χ3n) is 4.45. The summed E-state index contributed by atoms with van der Waals surface area (Å²) >= 11 is 0. The minimum Gasteiger partial charge on any atom is -0.328 e. The second-order valence-corrected chi connectivity index (χ2v) is 6.94. The molecule has 2 rings (SSSR count). The molecule has 2 fully saturated rings. The Morgan fingerprint density at radius 1 is 1.12 bits per heavy atom. The van der Waals surface area contributed by atoms with Gasteiger partial charge in [-0.05, 0) is 56.5 Å². The van der Waals surface area contributed by atoms with Gasteiger partial charge < -0.3 is 10.6 Å². The van der Waals surface area contributed by atoms with Gasteiger partial charge in [0.05, 0.1) is 0 Å². The van der Waals surface area contributed by atoms with Gasteiger partial charge in [0, 0.05) is 12.1 Å². The van der Waals surface area contributed by atoms with E-state index in [9.17, 15) is 0 Å². The van der Waals surface area contributed by atoms with Crippen molar-refractivity contribution in [3.05, 3.63) is 0 Å². The van der Waals surface area contributed by atoms with Crippen molar-refractivity contribution in [1.29, 1.82) is 0 Å². The van der Waals surface area contributed by atoms with Crippen molar-refractivity contribution in [2.24, 2.45) is 17.1 Å². The largest absolute Gasteiger partial charge is 0.328 e. The number of hydrogen-bond donors (Lipinski definition) is 1. The van der Waals surface area contributed by atoms with Crippen LogP contribution in [0.15, 0.2) is 0 Å². The van der Waals surface area contributed by atoms with Crippen molar-refractivity contribution in [1.82, 2.24) is 4.90 Å². The molecule has 2 aliphatic rings. The lowest BCUT2D eigenvalue weighted by Gasteiger charge is -2.45. The zero-order valence-electron chi connectivity index (χ0n) is 11.2. The summed E-state index contributed by atoms with van der Waals surface area (Å²) in [5.74, 6) is 0.893.